The second kappa shape index (κ2) is 56.2. The van der Waals surface area contributed by atoms with Crippen LogP contribution in [-0.2, 0) is 94.0 Å². The zero-order valence-corrected chi connectivity index (χ0v) is 76.3. The third-order valence-corrected chi connectivity index (χ3v) is 22.9. The van der Waals surface area contributed by atoms with Crippen LogP contribution in [-0.4, -0.2) is 273 Å². The molecule has 2 saturated heterocycles. The van der Waals surface area contributed by atoms with Gasteiger partial charge >= 0.3 is 0 Å². The number of carbonyl (C=O) groups is 7. The number of aliphatic hydroxyl groups excluding tert-OH is 2. The van der Waals surface area contributed by atoms with Crippen molar-refractivity contribution >= 4 is 97.6 Å². The van der Waals surface area contributed by atoms with Gasteiger partial charge in [-0.15, -0.1) is 22.7 Å². The highest BCUT2D eigenvalue weighted by molar-refractivity contribution is 14.1. The summed E-state index contributed by atoms with van der Waals surface area (Å²) in [5.41, 5.74) is 13.0. The van der Waals surface area contributed by atoms with Crippen LogP contribution in [0.3, 0.4) is 0 Å². The number of benzene rings is 4. The molecule has 0 aliphatic carbocycles. The molecule has 6 aromatic rings. The molecule has 8 rings (SSSR count). The molecule has 0 spiro atoms. The highest BCUT2D eigenvalue weighted by atomic mass is 127. The Kier molecular flexibility index (Phi) is 47.0. The number of likely N-dealkylation sites (tertiary alicyclic amines) is 2. The Morgan fingerprint density at radius 2 is 0.919 bits per heavy atom. The molecule has 2 aromatic heterocycles. The lowest BCUT2D eigenvalue weighted by Crippen LogP contribution is -2.50. The maximum Gasteiger partial charge on any atom is 0.243 e. The minimum atomic E-state index is -1.29. The predicted octanol–water partition coefficient (Wildman–Crippen LogP) is 10.2. The first-order valence-corrected chi connectivity index (χ1v) is 44.9. The fraction of sp³-hybridized carbons (Fsp3) is 0.584. The Bertz CT molecular complexity index is 4220. The van der Waals surface area contributed by atoms with Crippen molar-refractivity contribution in [1.82, 2.24) is 35.7 Å². The van der Waals surface area contributed by atoms with E-state index in [4.69, 9.17) is 57.8 Å². The lowest BCUT2D eigenvalue weighted by atomic mass is 9.76. The van der Waals surface area contributed by atoms with Crippen LogP contribution < -0.4 is 27.0 Å². The van der Waals surface area contributed by atoms with Crippen LogP contribution in [0.5, 0.6) is 0 Å². The van der Waals surface area contributed by atoms with Crippen LogP contribution in [0, 0.1) is 57.5 Å². The zero-order chi connectivity index (χ0) is 89.8. The van der Waals surface area contributed by atoms with Gasteiger partial charge in [-0.05, 0) is 113 Å². The van der Waals surface area contributed by atoms with Gasteiger partial charge < -0.3 is 99.1 Å². The van der Waals surface area contributed by atoms with E-state index in [0.717, 1.165) is 55.5 Å². The van der Waals surface area contributed by atoms with E-state index in [9.17, 15) is 56.9 Å². The number of nitrogens with two attached hydrogens (primary N) is 1. The van der Waals surface area contributed by atoms with Crippen molar-refractivity contribution in [3.63, 3.8) is 0 Å². The number of ether oxygens (including phenoxy) is 11. The summed E-state index contributed by atoms with van der Waals surface area (Å²) >= 11 is 5.08. The van der Waals surface area contributed by atoms with Crippen LogP contribution in [0.4, 0.5) is 24.5 Å². The molecular weight excluding hydrogens is 1760 g/mol. The number of nitrogens with zero attached hydrogens (tertiary/aromatic N) is 4. The maximum absolute atomic E-state index is 14.7. The van der Waals surface area contributed by atoms with Crippen molar-refractivity contribution in [2.75, 3.05) is 183 Å². The largest absolute Gasteiger partial charge is 0.391 e. The van der Waals surface area contributed by atoms with Crippen LogP contribution in [0.1, 0.15) is 119 Å². The topological polar surface area (TPSA) is 368 Å². The minimum Gasteiger partial charge on any atom is -0.391 e. The van der Waals surface area contributed by atoms with Gasteiger partial charge in [0.25, 0.3) is 0 Å². The van der Waals surface area contributed by atoms with E-state index in [0.29, 0.717) is 142 Å². The highest BCUT2D eigenvalue weighted by Crippen LogP contribution is 2.37. The number of aliphatic hydroxyl groups is 2. The highest BCUT2D eigenvalue weighted by Gasteiger charge is 2.46. The molecule has 2 fully saturated rings. The third kappa shape index (κ3) is 36.8. The van der Waals surface area contributed by atoms with E-state index in [1.165, 1.54) is 21.9 Å². The van der Waals surface area contributed by atoms with Crippen molar-refractivity contribution in [3.05, 3.63) is 139 Å². The van der Waals surface area contributed by atoms with Crippen molar-refractivity contribution in [3.8, 4) is 20.9 Å². The van der Waals surface area contributed by atoms with Gasteiger partial charge in [0.05, 0.1) is 188 Å². The quantitative estimate of drug-likeness (QED) is 0.0106. The van der Waals surface area contributed by atoms with Crippen LogP contribution >= 0.6 is 45.3 Å². The number of halogens is 4. The van der Waals surface area contributed by atoms with Crippen LogP contribution in [0.2, 0.25) is 0 Å². The number of hydrogen-bond donors (Lipinski definition) is 7. The molecule has 0 radical (unpaired) electrons. The number of anilines is 2. The average Bonchev–Trinajstić information content (AvgIpc) is 1.63. The summed E-state index contributed by atoms with van der Waals surface area (Å²) < 4.78 is 104. The number of amides is 4. The summed E-state index contributed by atoms with van der Waals surface area (Å²) in [7, 11) is 0. The van der Waals surface area contributed by atoms with E-state index >= 15 is 0 Å². The van der Waals surface area contributed by atoms with E-state index in [1.54, 1.807) is 28.7 Å². The van der Waals surface area contributed by atoms with Gasteiger partial charge in [0.1, 0.15) is 36.1 Å². The molecule has 686 valence electrons. The van der Waals surface area contributed by atoms with E-state index < -0.39 is 75.9 Å². The number of nitrogens with one attached hydrogen (secondary N) is 4. The molecule has 4 amide bonds. The average molecular weight is 1890 g/mol. The summed E-state index contributed by atoms with van der Waals surface area (Å²) in [5.74, 6) is -6.59. The fourth-order valence-corrected chi connectivity index (χ4v) is 15.5. The molecule has 4 heterocycles. The standard InChI is InChI=1S/C53H69F3IN5O11S.C36H56N4O9S/c1-35-50(74-34-60-35)37-8-6-36(7-9-37)31-59-51(66)46-30-40(64)32-62(46)52(67)42(53(2,3)4)29-39(63)14-18-68-20-22-70-24-26-72-27-25-71-23-21-69-19-16-58-15-5-17-73-33-47(65)41-11-12-43(54)48(56)49(41)61-45-13-10-38(57)28-44(45)55;1-26-33(50-25-39-26)28-7-5-27(6-8-28)23-38-34(43)32-22-30(42)24-40(32)35(44)31(36(2,3)4)21-29(41)9-11-45-13-15-47-17-19-49-20-18-48-16-14-46-12-10-37/h6-13,28,34,40,42,46,58,61,64H,5,14-27,29-33H2,1-4H3,(H,59,66);5-8,25,30-32,42H,9-24,37H2,1-4H3,(H,38,43)/t40-,42-,46+;30-,31-,32+/m11/s1. The van der Waals surface area contributed by atoms with Crippen LogP contribution in [0.15, 0.2) is 89.9 Å². The Hall–Kier alpha value is -7.25. The SMILES string of the molecule is Cc1ncsc1-c1ccc(CNC(=O)[C@@H]2C[C@@H](O)CN2C(=O)[C@@H](CC(=O)CCOCCOCCOCCOCCOCCN)C(C)(C)C)cc1.Cc1ncsc1-c1ccc(CNC(=O)[C@@H]2C[C@@H](O)CN2C(=O)[C@@H](CC(=O)CCOCCOCCOCCOCCOCCNCCCOCC(=O)c2ccc(F)c(F)c2Nc2ccc(I)cc2F)C(C)(C)C)cc1. The molecule has 0 bridgehead atoms. The number of carbonyl (C=O) groups excluding carboxylic acids is 7. The number of Topliss-reactive ketones (excluding diaryl/α,β-unsaturated/α-hetero) is 3. The van der Waals surface area contributed by atoms with Gasteiger partial charge in [0.15, 0.2) is 17.4 Å². The molecule has 6 atom stereocenters. The molecule has 124 heavy (non-hydrogen) atoms. The summed E-state index contributed by atoms with van der Waals surface area (Å²) in [5, 5.41) is 32.6. The van der Waals surface area contributed by atoms with Crippen molar-refractivity contribution in [1.29, 1.82) is 0 Å². The van der Waals surface area contributed by atoms with Gasteiger partial charge in [-0.25, -0.2) is 23.1 Å². The lowest BCUT2D eigenvalue weighted by molar-refractivity contribution is -0.146. The number of rotatable bonds is 58. The molecule has 0 unspecified atom stereocenters. The normalized spacial score (nSPS) is 15.8. The van der Waals surface area contributed by atoms with Gasteiger partial charge in [0.2, 0.25) is 23.6 Å². The number of hydrogen-bond acceptors (Lipinski definition) is 27. The zero-order valence-electron chi connectivity index (χ0n) is 72.5. The molecule has 29 nitrogen and oxygen atoms in total. The number of aromatic nitrogens is 2. The number of ketones is 3. The van der Waals surface area contributed by atoms with Crippen LogP contribution in [0.25, 0.3) is 20.9 Å². The molecule has 2 aliphatic heterocycles. The van der Waals surface area contributed by atoms with Gasteiger partial charge in [0, 0.05) is 105 Å². The Labute approximate surface area is 747 Å². The fourth-order valence-electron chi connectivity index (χ4n) is 13.4. The summed E-state index contributed by atoms with van der Waals surface area (Å²) in [6, 6.07) is 20.3. The minimum absolute atomic E-state index is 0.00934. The molecule has 35 heteroatoms. The van der Waals surface area contributed by atoms with Gasteiger partial charge in [-0.3, -0.25) is 33.6 Å². The first-order valence-electron chi connectivity index (χ1n) is 42.1. The van der Waals surface area contributed by atoms with E-state index in [-0.39, 0.29) is 144 Å². The lowest BCUT2D eigenvalue weighted by Gasteiger charge is -2.34. The number of β-amino-alcohol motifs (C(OH)–C–C–N with tert-alkyl or cyclic N) is 2. The summed E-state index contributed by atoms with van der Waals surface area (Å²) in [6.45, 7) is 25.4. The maximum atomic E-state index is 14.7. The summed E-state index contributed by atoms with van der Waals surface area (Å²) in [6.07, 6.45) is -0.509. The van der Waals surface area contributed by atoms with E-state index in [1.807, 2.05) is 138 Å². The van der Waals surface area contributed by atoms with Crippen molar-refractivity contribution in [2.45, 2.75) is 138 Å². The third-order valence-electron chi connectivity index (χ3n) is 20.3. The predicted molar refractivity (Wildman–Crippen MR) is 474 cm³/mol. The molecule has 2 aliphatic rings. The second-order valence-electron chi connectivity index (χ2n) is 32.0. The monoisotopic (exact) mass is 1890 g/mol. The Balaban J connectivity index is 0.000000368. The summed E-state index contributed by atoms with van der Waals surface area (Å²) in [4.78, 5) is 107. The van der Waals surface area contributed by atoms with Gasteiger partial charge in [-0.2, -0.15) is 0 Å². The van der Waals surface area contributed by atoms with Gasteiger partial charge in [-0.1, -0.05) is 90.1 Å². The molecule has 4 aromatic carbocycles. The van der Waals surface area contributed by atoms with Crippen molar-refractivity contribution in [2.24, 2.45) is 28.4 Å². The van der Waals surface area contributed by atoms with Crippen molar-refractivity contribution < 1.29 is 109 Å². The Morgan fingerprint density at radius 3 is 1.31 bits per heavy atom. The first-order chi connectivity index (χ1) is 59.5. The smallest absolute Gasteiger partial charge is 0.243 e. The number of aryl methyl sites for hydroxylation is 2. The molecule has 0 saturated carbocycles. The first kappa shape index (κ1) is 104. The molecule has 8 N–H and O–H groups in total. The van der Waals surface area contributed by atoms with E-state index in [2.05, 4.69) is 31.2 Å². The second-order valence-corrected chi connectivity index (χ2v) is 35.0. The Morgan fingerprint density at radius 1 is 0.516 bits per heavy atom. The number of thiazole rings is 2. The molecular formula is C89H125F3IN9O20S2.